The van der Waals surface area contributed by atoms with Gasteiger partial charge in [-0.15, -0.1) is 0 Å². The summed E-state index contributed by atoms with van der Waals surface area (Å²) in [6.07, 6.45) is 1.81. The summed E-state index contributed by atoms with van der Waals surface area (Å²) >= 11 is 5.93. The van der Waals surface area contributed by atoms with E-state index in [0.717, 1.165) is 23.4 Å². The lowest BCUT2D eigenvalue weighted by molar-refractivity contribution is 0.545. The Morgan fingerprint density at radius 1 is 1.60 bits per heavy atom. The second-order valence-corrected chi connectivity index (χ2v) is 4.02. The maximum absolute atomic E-state index is 5.93. The number of hydrazine groups is 1. The van der Waals surface area contributed by atoms with E-state index in [9.17, 15) is 0 Å². The topological polar surface area (TPSA) is 38.0 Å². The molecule has 1 unspecified atom stereocenters. The molecule has 1 aromatic carbocycles. The highest BCUT2D eigenvalue weighted by atomic mass is 35.5. The van der Waals surface area contributed by atoms with Crippen LogP contribution in [-0.4, -0.2) is 0 Å². The number of nitrogens with one attached hydrogen (secondary N) is 1. The van der Waals surface area contributed by atoms with Crippen molar-refractivity contribution < 1.29 is 0 Å². The van der Waals surface area contributed by atoms with E-state index in [-0.39, 0.29) is 6.04 Å². The minimum Gasteiger partial charge on any atom is -0.271 e. The maximum atomic E-state index is 5.93. The molecule has 15 heavy (non-hydrogen) atoms. The molecular weight excluding hydrogens is 208 g/mol. The van der Waals surface area contributed by atoms with E-state index in [2.05, 4.69) is 18.9 Å². The molecule has 2 nitrogen and oxygen atoms in total. The van der Waals surface area contributed by atoms with E-state index in [0.29, 0.717) is 0 Å². The van der Waals surface area contributed by atoms with Gasteiger partial charge in [-0.05, 0) is 30.5 Å². The standard InChI is InChI=1S/C12H17ClN2/c1-3-9(2)7-12(15-14)10-5-4-6-11(13)8-10/h4-6,8,12,15H,2-3,7,14H2,1H3. The molecule has 3 heteroatoms. The zero-order chi connectivity index (χ0) is 11.3. The van der Waals surface area contributed by atoms with Crippen LogP contribution in [0.2, 0.25) is 5.02 Å². The van der Waals surface area contributed by atoms with Crippen molar-refractivity contribution in [2.75, 3.05) is 0 Å². The van der Waals surface area contributed by atoms with Gasteiger partial charge in [-0.2, -0.15) is 0 Å². The van der Waals surface area contributed by atoms with Crippen LogP contribution in [0, 0.1) is 0 Å². The molecule has 0 heterocycles. The molecule has 0 amide bonds. The van der Waals surface area contributed by atoms with Gasteiger partial charge in [0.15, 0.2) is 0 Å². The molecule has 3 N–H and O–H groups in total. The zero-order valence-electron chi connectivity index (χ0n) is 8.96. The Morgan fingerprint density at radius 3 is 2.87 bits per heavy atom. The summed E-state index contributed by atoms with van der Waals surface area (Å²) in [6.45, 7) is 6.07. The Morgan fingerprint density at radius 2 is 2.33 bits per heavy atom. The first-order chi connectivity index (χ1) is 7.17. The van der Waals surface area contributed by atoms with Gasteiger partial charge in [0, 0.05) is 11.1 Å². The van der Waals surface area contributed by atoms with Crippen LogP contribution in [0.1, 0.15) is 31.4 Å². The van der Waals surface area contributed by atoms with Gasteiger partial charge in [0.2, 0.25) is 0 Å². The van der Waals surface area contributed by atoms with E-state index in [1.807, 2.05) is 24.3 Å². The summed E-state index contributed by atoms with van der Waals surface area (Å²) in [5, 5.41) is 0.731. The first kappa shape index (κ1) is 12.2. The molecule has 1 atom stereocenters. The molecule has 1 aromatic rings. The van der Waals surface area contributed by atoms with Crippen LogP contribution in [0.15, 0.2) is 36.4 Å². The van der Waals surface area contributed by atoms with E-state index < -0.39 is 0 Å². The van der Waals surface area contributed by atoms with Crippen LogP contribution in [0.4, 0.5) is 0 Å². The number of nitrogens with two attached hydrogens (primary N) is 1. The van der Waals surface area contributed by atoms with Crippen molar-refractivity contribution in [1.82, 2.24) is 5.43 Å². The highest BCUT2D eigenvalue weighted by molar-refractivity contribution is 6.30. The minimum atomic E-state index is 0.0937. The van der Waals surface area contributed by atoms with E-state index >= 15 is 0 Å². The van der Waals surface area contributed by atoms with Gasteiger partial charge in [-0.3, -0.25) is 11.3 Å². The number of hydrogen-bond acceptors (Lipinski definition) is 2. The van der Waals surface area contributed by atoms with Crippen molar-refractivity contribution in [2.24, 2.45) is 5.84 Å². The van der Waals surface area contributed by atoms with Crippen LogP contribution >= 0.6 is 11.6 Å². The minimum absolute atomic E-state index is 0.0937. The molecule has 82 valence electrons. The lowest BCUT2D eigenvalue weighted by Crippen LogP contribution is -2.28. The number of rotatable bonds is 5. The van der Waals surface area contributed by atoms with Gasteiger partial charge in [0.05, 0.1) is 0 Å². The maximum Gasteiger partial charge on any atom is 0.0497 e. The molecule has 0 saturated carbocycles. The second kappa shape index (κ2) is 5.91. The second-order valence-electron chi connectivity index (χ2n) is 3.58. The summed E-state index contributed by atoms with van der Waals surface area (Å²) < 4.78 is 0. The van der Waals surface area contributed by atoms with Crippen molar-refractivity contribution in [3.05, 3.63) is 47.0 Å². The summed E-state index contributed by atoms with van der Waals surface area (Å²) in [5.74, 6) is 5.52. The highest BCUT2D eigenvalue weighted by Gasteiger charge is 2.10. The van der Waals surface area contributed by atoms with Crippen molar-refractivity contribution in [2.45, 2.75) is 25.8 Å². The normalized spacial score (nSPS) is 12.5. The lowest BCUT2D eigenvalue weighted by Gasteiger charge is -2.17. The largest absolute Gasteiger partial charge is 0.271 e. The summed E-state index contributed by atoms with van der Waals surface area (Å²) in [6, 6.07) is 7.81. The van der Waals surface area contributed by atoms with Crippen molar-refractivity contribution in [1.29, 1.82) is 0 Å². The summed E-state index contributed by atoms with van der Waals surface area (Å²) in [5.41, 5.74) is 5.07. The molecular formula is C12H17ClN2. The predicted octanol–water partition coefficient (Wildman–Crippen LogP) is 3.20. The first-order valence-electron chi connectivity index (χ1n) is 5.05. The molecule has 1 rings (SSSR count). The van der Waals surface area contributed by atoms with Gasteiger partial charge in [0.25, 0.3) is 0 Å². The van der Waals surface area contributed by atoms with E-state index in [1.54, 1.807) is 0 Å². The van der Waals surface area contributed by atoms with Gasteiger partial charge in [0.1, 0.15) is 0 Å². The molecule has 0 spiro atoms. The van der Waals surface area contributed by atoms with Gasteiger partial charge in [-0.1, -0.05) is 42.8 Å². The van der Waals surface area contributed by atoms with Crippen LogP contribution < -0.4 is 11.3 Å². The van der Waals surface area contributed by atoms with Crippen molar-refractivity contribution in [3.63, 3.8) is 0 Å². The molecule has 0 bridgehead atoms. The highest BCUT2D eigenvalue weighted by Crippen LogP contribution is 2.23. The Hall–Kier alpha value is -0.830. The quantitative estimate of drug-likeness (QED) is 0.458. The van der Waals surface area contributed by atoms with E-state index in [4.69, 9.17) is 17.4 Å². The monoisotopic (exact) mass is 224 g/mol. The average Bonchev–Trinajstić information content (AvgIpc) is 2.25. The third-order valence-corrected chi connectivity index (χ3v) is 2.68. The first-order valence-corrected chi connectivity index (χ1v) is 5.43. The van der Waals surface area contributed by atoms with Crippen LogP contribution in [0.5, 0.6) is 0 Å². The predicted molar refractivity (Wildman–Crippen MR) is 65.6 cm³/mol. The lowest BCUT2D eigenvalue weighted by atomic mass is 9.99. The average molecular weight is 225 g/mol. The fourth-order valence-corrected chi connectivity index (χ4v) is 1.63. The van der Waals surface area contributed by atoms with Crippen molar-refractivity contribution >= 4 is 11.6 Å². The Balaban J connectivity index is 2.78. The van der Waals surface area contributed by atoms with Gasteiger partial charge >= 0.3 is 0 Å². The number of hydrogen-bond donors (Lipinski definition) is 2. The molecule has 0 radical (unpaired) electrons. The van der Waals surface area contributed by atoms with Crippen LogP contribution in [-0.2, 0) is 0 Å². The molecule has 0 aliphatic carbocycles. The Labute approximate surface area is 96.1 Å². The molecule has 0 aliphatic rings. The molecule has 0 saturated heterocycles. The van der Waals surface area contributed by atoms with E-state index in [1.165, 1.54) is 5.57 Å². The smallest absolute Gasteiger partial charge is 0.0497 e. The number of halogens is 1. The third-order valence-electron chi connectivity index (χ3n) is 2.45. The Kier molecular flexibility index (Phi) is 4.82. The summed E-state index contributed by atoms with van der Waals surface area (Å²) in [4.78, 5) is 0. The fraction of sp³-hybridized carbons (Fsp3) is 0.333. The third kappa shape index (κ3) is 3.67. The molecule has 0 aromatic heterocycles. The molecule has 0 fully saturated rings. The zero-order valence-corrected chi connectivity index (χ0v) is 9.72. The SMILES string of the molecule is C=C(CC)CC(NN)c1cccc(Cl)c1. The summed E-state index contributed by atoms with van der Waals surface area (Å²) in [7, 11) is 0. The van der Waals surface area contributed by atoms with Gasteiger partial charge < -0.3 is 0 Å². The number of benzene rings is 1. The Bertz CT molecular complexity index is 336. The van der Waals surface area contributed by atoms with Crippen LogP contribution in [0.3, 0.4) is 0 Å². The van der Waals surface area contributed by atoms with Gasteiger partial charge in [-0.25, -0.2) is 0 Å². The molecule has 0 aliphatic heterocycles. The fourth-order valence-electron chi connectivity index (χ4n) is 1.43. The van der Waals surface area contributed by atoms with Crippen LogP contribution in [0.25, 0.3) is 0 Å². The van der Waals surface area contributed by atoms with Crippen molar-refractivity contribution in [3.8, 4) is 0 Å².